The Bertz CT molecular complexity index is 934. The predicted molar refractivity (Wildman–Crippen MR) is 95.5 cm³/mol. The van der Waals surface area contributed by atoms with Crippen LogP contribution in [-0.2, 0) is 17.8 Å². The zero-order chi connectivity index (χ0) is 17.6. The number of amides is 1. The molecule has 0 aliphatic rings. The summed E-state index contributed by atoms with van der Waals surface area (Å²) in [6.45, 7) is 0.400. The van der Waals surface area contributed by atoms with Crippen molar-refractivity contribution in [3.8, 4) is 0 Å². The van der Waals surface area contributed by atoms with Gasteiger partial charge in [-0.15, -0.1) is 0 Å². The Morgan fingerprint density at radius 3 is 2.16 bits per heavy atom. The lowest BCUT2D eigenvalue weighted by Crippen LogP contribution is -2.33. The number of H-pyrrole nitrogens is 2. The Hall–Kier alpha value is -3.41. The van der Waals surface area contributed by atoms with Crippen LogP contribution in [0.3, 0.4) is 0 Å². The highest BCUT2D eigenvalue weighted by Gasteiger charge is 2.17. The molecule has 3 rings (SSSR count). The maximum Gasteiger partial charge on any atom is 0.325 e. The van der Waals surface area contributed by atoms with Gasteiger partial charge in [0.15, 0.2) is 0 Å². The highest BCUT2D eigenvalue weighted by molar-refractivity contribution is 5.94. The monoisotopic (exact) mass is 335 g/mol. The van der Waals surface area contributed by atoms with Crippen molar-refractivity contribution in [1.82, 2.24) is 9.97 Å². The van der Waals surface area contributed by atoms with Gasteiger partial charge in [-0.25, -0.2) is 4.79 Å². The molecule has 1 aromatic heterocycles. The first-order valence-electron chi connectivity index (χ1n) is 7.84. The van der Waals surface area contributed by atoms with E-state index < -0.39 is 11.2 Å². The number of nitrogens with one attached hydrogen (secondary N) is 2. The van der Waals surface area contributed by atoms with Crippen LogP contribution >= 0.6 is 0 Å². The predicted octanol–water partition coefficient (Wildman–Crippen LogP) is 1.84. The van der Waals surface area contributed by atoms with Crippen molar-refractivity contribution in [3.63, 3.8) is 0 Å². The molecule has 0 aliphatic heterocycles. The van der Waals surface area contributed by atoms with Crippen LogP contribution in [0.1, 0.15) is 11.3 Å². The fourth-order valence-corrected chi connectivity index (χ4v) is 2.57. The van der Waals surface area contributed by atoms with Crippen molar-refractivity contribution in [1.29, 1.82) is 0 Å². The van der Waals surface area contributed by atoms with Crippen molar-refractivity contribution < 1.29 is 4.79 Å². The summed E-state index contributed by atoms with van der Waals surface area (Å²) in [4.78, 5) is 41.9. The van der Waals surface area contributed by atoms with Gasteiger partial charge in [0.05, 0.1) is 13.0 Å². The molecule has 1 heterocycles. The first kappa shape index (κ1) is 16.4. The third kappa shape index (κ3) is 4.32. The molecular formula is C19H17N3O3. The minimum Gasteiger partial charge on any atom is -0.311 e. The van der Waals surface area contributed by atoms with E-state index in [1.807, 2.05) is 60.7 Å². The third-order valence-corrected chi connectivity index (χ3v) is 3.71. The Morgan fingerprint density at radius 2 is 1.52 bits per heavy atom. The average molecular weight is 335 g/mol. The maximum absolute atomic E-state index is 12.8. The van der Waals surface area contributed by atoms with Gasteiger partial charge in [0.25, 0.3) is 5.56 Å². The van der Waals surface area contributed by atoms with Crippen LogP contribution in [0.25, 0.3) is 0 Å². The van der Waals surface area contributed by atoms with Crippen molar-refractivity contribution in [2.24, 2.45) is 0 Å². The number of carbonyl (C=O) groups excluding carboxylic acids is 1. The van der Waals surface area contributed by atoms with Gasteiger partial charge in [0.1, 0.15) is 0 Å². The third-order valence-electron chi connectivity index (χ3n) is 3.71. The summed E-state index contributed by atoms with van der Waals surface area (Å²) in [5.74, 6) is -0.212. The number of carbonyl (C=O) groups is 1. The van der Waals surface area contributed by atoms with Gasteiger partial charge in [-0.2, -0.15) is 0 Å². The summed E-state index contributed by atoms with van der Waals surface area (Å²) in [5.41, 5.74) is 0.876. The van der Waals surface area contributed by atoms with Crippen molar-refractivity contribution in [2.75, 3.05) is 4.90 Å². The van der Waals surface area contributed by atoms with E-state index in [-0.39, 0.29) is 18.0 Å². The number of aromatic nitrogens is 2. The van der Waals surface area contributed by atoms with Crippen LogP contribution in [0.2, 0.25) is 0 Å². The zero-order valence-corrected chi connectivity index (χ0v) is 13.4. The van der Waals surface area contributed by atoms with Crippen LogP contribution < -0.4 is 16.1 Å². The number of rotatable bonds is 5. The van der Waals surface area contributed by atoms with E-state index in [1.54, 1.807) is 4.90 Å². The van der Waals surface area contributed by atoms with E-state index in [9.17, 15) is 14.4 Å². The molecule has 0 bridgehead atoms. The molecule has 0 spiro atoms. The van der Waals surface area contributed by atoms with Crippen molar-refractivity contribution in [3.05, 3.63) is 98.8 Å². The molecule has 0 unspecified atom stereocenters. The number of hydrogen-bond acceptors (Lipinski definition) is 3. The first-order valence-corrected chi connectivity index (χ1v) is 7.84. The lowest BCUT2D eigenvalue weighted by molar-refractivity contribution is -0.118. The summed E-state index contributed by atoms with van der Waals surface area (Å²) in [6, 6.07) is 20.1. The largest absolute Gasteiger partial charge is 0.325 e. The molecule has 0 aliphatic carbocycles. The minimum absolute atomic E-state index is 0.0686. The summed E-state index contributed by atoms with van der Waals surface area (Å²) in [7, 11) is 0. The molecule has 6 heteroatoms. The number of hydrogen-bond donors (Lipinski definition) is 2. The Balaban J connectivity index is 1.89. The average Bonchev–Trinajstić information content (AvgIpc) is 2.60. The number of aromatic amines is 2. The van der Waals surface area contributed by atoms with Crippen LogP contribution in [0, 0.1) is 0 Å². The zero-order valence-electron chi connectivity index (χ0n) is 13.4. The fraction of sp³-hybridized carbons (Fsp3) is 0.105. The van der Waals surface area contributed by atoms with E-state index in [0.717, 1.165) is 11.3 Å². The Morgan fingerprint density at radius 1 is 0.880 bits per heavy atom. The van der Waals surface area contributed by atoms with Gasteiger partial charge >= 0.3 is 5.69 Å². The van der Waals surface area contributed by atoms with Gasteiger partial charge < -0.3 is 9.88 Å². The van der Waals surface area contributed by atoms with E-state index in [0.29, 0.717) is 6.54 Å². The Labute approximate surface area is 143 Å². The van der Waals surface area contributed by atoms with Crippen molar-refractivity contribution in [2.45, 2.75) is 13.0 Å². The van der Waals surface area contributed by atoms with Gasteiger partial charge in [-0.05, 0) is 17.7 Å². The SMILES string of the molecule is O=C(Cc1cc(=O)[nH]c(=O)[nH]1)N(Cc1ccccc1)c1ccccc1. The normalized spacial score (nSPS) is 10.4. The molecule has 2 aromatic carbocycles. The molecule has 0 fully saturated rings. The van der Waals surface area contributed by atoms with Crippen LogP contribution in [-0.4, -0.2) is 15.9 Å². The number of para-hydroxylation sites is 1. The highest BCUT2D eigenvalue weighted by atomic mass is 16.2. The molecule has 25 heavy (non-hydrogen) atoms. The van der Waals surface area contributed by atoms with Gasteiger partial charge in [0, 0.05) is 17.4 Å². The summed E-state index contributed by atoms with van der Waals surface area (Å²) in [5, 5.41) is 0. The first-order chi connectivity index (χ1) is 12.1. The fourth-order valence-electron chi connectivity index (χ4n) is 2.57. The second kappa shape index (κ2) is 7.44. The topological polar surface area (TPSA) is 86.0 Å². The van der Waals surface area contributed by atoms with E-state index in [2.05, 4.69) is 9.97 Å². The second-order valence-corrected chi connectivity index (χ2v) is 5.59. The molecule has 2 N–H and O–H groups in total. The second-order valence-electron chi connectivity index (χ2n) is 5.59. The molecule has 3 aromatic rings. The minimum atomic E-state index is -0.621. The molecule has 6 nitrogen and oxygen atoms in total. The molecule has 0 saturated carbocycles. The number of anilines is 1. The highest BCUT2D eigenvalue weighted by Crippen LogP contribution is 2.18. The number of benzene rings is 2. The van der Waals surface area contributed by atoms with Crippen molar-refractivity contribution >= 4 is 11.6 Å². The summed E-state index contributed by atoms with van der Waals surface area (Å²) < 4.78 is 0. The van der Waals surface area contributed by atoms with E-state index >= 15 is 0 Å². The standard InChI is InChI=1S/C19H17N3O3/c23-17-11-15(20-19(25)21-17)12-18(24)22(16-9-5-2-6-10-16)13-14-7-3-1-4-8-14/h1-11H,12-13H2,(H2,20,21,23,25). The molecular weight excluding hydrogens is 318 g/mol. The quantitative estimate of drug-likeness (QED) is 0.746. The smallest absolute Gasteiger partial charge is 0.311 e. The maximum atomic E-state index is 12.8. The molecule has 0 atom stereocenters. The number of nitrogens with zero attached hydrogens (tertiary/aromatic N) is 1. The molecule has 126 valence electrons. The lowest BCUT2D eigenvalue weighted by Gasteiger charge is -2.23. The molecule has 1 amide bonds. The molecule has 0 radical (unpaired) electrons. The lowest BCUT2D eigenvalue weighted by atomic mass is 10.1. The van der Waals surface area contributed by atoms with E-state index in [4.69, 9.17) is 0 Å². The van der Waals surface area contributed by atoms with Gasteiger partial charge in [-0.3, -0.25) is 14.6 Å². The molecule has 0 saturated heterocycles. The summed E-state index contributed by atoms with van der Waals surface area (Å²) >= 11 is 0. The van der Waals surface area contributed by atoms with Crippen LogP contribution in [0.5, 0.6) is 0 Å². The van der Waals surface area contributed by atoms with Crippen LogP contribution in [0.4, 0.5) is 5.69 Å². The van der Waals surface area contributed by atoms with Gasteiger partial charge in [0.2, 0.25) is 5.91 Å². The summed E-state index contributed by atoms with van der Waals surface area (Å²) in [6.07, 6.45) is -0.0686. The van der Waals surface area contributed by atoms with Crippen LogP contribution in [0.15, 0.2) is 76.3 Å². The van der Waals surface area contributed by atoms with Gasteiger partial charge in [-0.1, -0.05) is 48.5 Å². The van der Waals surface area contributed by atoms with E-state index in [1.165, 1.54) is 6.07 Å². The Kier molecular flexibility index (Phi) is 4.89.